The van der Waals surface area contributed by atoms with E-state index in [4.69, 9.17) is 12.2 Å². The summed E-state index contributed by atoms with van der Waals surface area (Å²) >= 11 is 5.17. The topological polar surface area (TPSA) is 82.1 Å². The number of nitrogens with zero attached hydrogens (tertiary/aromatic N) is 3. The molecule has 0 atom stereocenters. The van der Waals surface area contributed by atoms with Crippen LogP contribution in [-0.4, -0.2) is 45.0 Å². The van der Waals surface area contributed by atoms with Crippen molar-refractivity contribution in [3.63, 3.8) is 0 Å². The van der Waals surface area contributed by atoms with Gasteiger partial charge < -0.3 is 5.32 Å². The highest BCUT2D eigenvalue weighted by atomic mass is 32.1. The Balaban J connectivity index is 1.93. The van der Waals surface area contributed by atoms with Crippen molar-refractivity contribution >= 4 is 46.5 Å². The predicted molar refractivity (Wildman–Crippen MR) is 87.7 cm³/mol. The number of carbonyl (C=O) groups is 3. The number of rotatable bonds is 4. The molecule has 8 heteroatoms. The first kappa shape index (κ1) is 15.3. The highest BCUT2D eigenvalue weighted by Crippen LogP contribution is 2.24. The summed E-state index contributed by atoms with van der Waals surface area (Å²) in [5.41, 5.74) is 1.26. The van der Waals surface area contributed by atoms with E-state index in [-0.39, 0.29) is 10.8 Å². The Morgan fingerprint density at radius 2 is 1.91 bits per heavy atom. The number of nitrogens with one attached hydrogen (secondary N) is 1. The molecule has 0 spiro atoms. The van der Waals surface area contributed by atoms with Crippen molar-refractivity contribution in [1.29, 1.82) is 0 Å². The molecule has 0 unspecified atom stereocenters. The van der Waals surface area contributed by atoms with Gasteiger partial charge in [-0.25, -0.2) is 0 Å². The molecule has 0 saturated carbocycles. The van der Waals surface area contributed by atoms with Crippen molar-refractivity contribution in [1.82, 2.24) is 9.91 Å². The van der Waals surface area contributed by atoms with Crippen LogP contribution < -0.4 is 5.32 Å². The van der Waals surface area contributed by atoms with Crippen LogP contribution in [0.2, 0.25) is 0 Å². The van der Waals surface area contributed by atoms with Gasteiger partial charge in [0.05, 0.1) is 5.69 Å². The maximum atomic E-state index is 12.1. The molecule has 23 heavy (non-hydrogen) atoms. The number of anilines is 1. The van der Waals surface area contributed by atoms with Gasteiger partial charge in [0.15, 0.2) is 5.71 Å². The Morgan fingerprint density at radius 1 is 1.17 bits per heavy atom. The summed E-state index contributed by atoms with van der Waals surface area (Å²) in [6.45, 7) is 2.34. The smallest absolute Gasteiger partial charge is 0.320 e. The molecule has 7 nitrogen and oxygen atoms in total. The first-order valence-electron chi connectivity index (χ1n) is 7.24. The number of amides is 3. The minimum Gasteiger partial charge on any atom is -0.320 e. The van der Waals surface area contributed by atoms with E-state index in [1.165, 1.54) is 4.90 Å². The lowest BCUT2D eigenvalue weighted by molar-refractivity contribution is -0.143. The maximum Gasteiger partial charge on any atom is 0.339 e. The lowest BCUT2D eigenvalue weighted by Crippen LogP contribution is -2.32. The van der Waals surface area contributed by atoms with Gasteiger partial charge in [0.25, 0.3) is 5.91 Å². The van der Waals surface area contributed by atoms with Crippen LogP contribution in [0.5, 0.6) is 0 Å². The second kappa shape index (κ2) is 5.88. The SMILES string of the molecule is CCCCN1C(=O)C(=O)N(/N=C2\C(=O)Nc3ccccc32)C1=S. The number of unbranched alkanes of at least 4 members (excludes halogenated alkanes) is 1. The Bertz CT molecular complexity index is 759. The molecule has 1 fully saturated rings. The first-order valence-corrected chi connectivity index (χ1v) is 7.64. The zero-order valence-electron chi connectivity index (χ0n) is 12.4. The number of para-hydroxylation sites is 1. The summed E-state index contributed by atoms with van der Waals surface area (Å²) in [4.78, 5) is 37.4. The van der Waals surface area contributed by atoms with Crippen molar-refractivity contribution < 1.29 is 14.4 Å². The Labute approximate surface area is 137 Å². The molecule has 1 aromatic rings. The van der Waals surface area contributed by atoms with Gasteiger partial charge in [-0.1, -0.05) is 31.5 Å². The molecule has 0 bridgehead atoms. The Hall–Kier alpha value is -2.61. The summed E-state index contributed by atoms with van der Waals surface area (Å²) in [5, 5.41) is 7.56. The summed E-state index contributed by atoms with van der Waals surface area (Å²) in [6.07, 6.45) is 1.60. The Kier molecular flexibility index (Phi) is 3.91. The van der Waals surface area contributed by atoms with Gasteiger partial charge in [-0.15, -0.1) is 0 Å². The van der Waals surface area contributed by atoms with Crippen LogP contribution in [0.4, 0.5) is 5.69 Å². The van der Waals surface area contributed by atoms with E-state index in [1.54, 1.807) is 24.3 Å². The molecule has 118 valence electrons. The van der Waals surface area contributed by atoms with Gasteiger partial charge >= 0.3 is 11.8 Å². The number of hydrogen-bond acceptors (Lipinski definition) is 5. The van der Waals surface area contributed by atoms with E-state index < -0.39 is 17.7 Å². The van der Waals surface area contributed by atoms with Crippen molar-refractivity contribution in [3.8, 4) is 0 Å². The molecule has 1 N–H and O–H groups in total. The average Bonchev–Trinajstić information content (AvgIpc) is 2.96. The standard InChI is InChI=1S/C15H14N4O3S/c1-2-3-8-18-13(21)14(22)19(15(18)23)17-11-9-6-4-5-7-10(9)16-12(11)20/h4-7H,2-3,8H2,1H3,(H,16,17,20). The summed E-state index contributed by atoms with van der Waals surface area (Å²) in [6, 6.07) is 6.99. The Morgan fingerprint density at radius 3 is 2.65 bits per heavy atom. The van der Waals surface area contributed by atoms with E-state index >= 15 is 0 Å². The fraction of sp³-hybridized carbons (Fsp3) is 0.267. The van der Waals surface area contributed by atoms with Crippen LogP contribution in [0.3, 0.4) is 0 Å². The van der Waals surface area contributed by atoms with Gasteiger partial charge in [0.1, 0.15) is 0 Å². The van der Waals surface area contributed by atoms with E-state index in [2.05, 4.69) is 10.4 Å². The second-order valence-corrected chi connectivity index (χ2v) is 5.52. The summed E-state index contributed by atoms with van der Waals surface area (Å²) < 4.78 is 0. The number of hydrazone groups is 1. The summed E-state index contributed by atoms with van der Waals surface area (Å²) in [7, 11) is 0. The van der Waals surface area contributed by atoms with E-state index in [9.17, 15) is 14.4 Å². The van der Waals surface area contributed by atoms with Gasteiger partial charge in [-0.3, -0.25) is 19.3 Å². The lowest BCUT2D eigenvalue weighted by Gasteiger charge is -2.15. The second-order valence-electron chi connectivity index (χ2n) is 5.16. The van der Waals surface area contributed by atoms with Crippen molar-refractivity contribution in [3.05, 3.63) is 29.8 Å². The summed E-state index contributed by atoms with van der Waals surface area (Å²) in [5.74, 6) is -1.98. The molecule has 2 heterocycles. The van der Waals surface area contributed by atoms with Crippen LogP contribution in [0.1, 0.15) is 25.3 Å². The highest BCUT2D eigenvalue weighted by Gasteiger charge is 2.42. The van der Waals surface area contributed by atoms with E-state index in [1.807, 2.05) is 6.92 Å². The molecule has 1 aromatic carbocycles. The lowest BCUT2D eigenvalue weighted by atomic mass is 10.1. The maximum absolute atomic E-state index is 12.1. The van der Waals surface area contributed by atoms with E-state index in [0.29, 0.717) is 17.8 Å². The number of benzene rings is 1. The minimum absolute atomic E-state index is 0.0122. The van der Waals surface area contributed by atoms with Gasteiger partial charge in [-0.05, 0) is 24.7 Å². The van der Waals surface area contributed by atoms with Crippen LogP contribution >= 0.6 is 12.2 Å². The predicted octanol–water partition coefficient (Wildman–Crippen LogP) is 1.10. The average molecular weight is 330 g/mol. The molecule has 2 aliphatic heterocycles. The third-order valence-corrected chi connectivity index (χ3v) is 4.01. The number of hydrogen-bond donors (Lipinski definition) is 1. The zero-order valence-corrected chi connectivity index (χ0v) is 13.2. The van der Waals surface area contributed by atoms with Crippen molar-refractivity contribution in [2.75, 3.05) is 11.9 Å². The fourth-order valence-electron chi connectivity index (χ4n) is 2.40. The largest absolute Gasteiger partial charge is 0.339 e. The van der Waals surface area contributed by atoms with Gasteiger partial charge in [0, 0.05) is 12.1 Å². The number of thiocarbonyl (C=S) groups is 1. The molecule has 0 aliphatic carbocycles. The molecule has 1 saturated heterocycles. The highest BCUT2D eigenvalue weighted by molar-refractivity contribution is 7.80. The fourth-order valence-corrected chi connectivity index (χ4v) is 2.70. The van der Waals surface area contributed by atoms with Gasteiger partial charge in [-0.2, -0.15) is 10.1 Å². The van der Waals surface area contributed by atoms with Gasteiger partial charge in [0.2, 0.25) is 5.11 Å². The minimum atomic E-state index is -0.837. The van der Waals surface area contributed by atoms with Crippen LogP contribution in [-0.2, 0) is 14.4 Å². The van der Waals surface area contributed by atoms with E-state index in [0.717, 1.165) is 17.9 Å². The quantitative estimate of drug-likeness (QED) is 0.662. The molecular formula is C15H14N4O3S. The normalized spacial score (nSPS) is 18.9. The molecule has 3 amide bonds. The zero-order chi connectivity index (χ0) is 16.6. The molecule has 0 aromatic heterocycles. The van der Waals surface area contributed by atoms with Crippen LogP contribution in [0.15, 0.2) is 29.4 Å². The number of carbonyl (C=O) groups excluding carboxylic acids is 3. The van der Waals surface area contributed by atoms with Crippen LogP contribution in [0.25, 0.3) is 0 Å². The van der Waals surface area contributed by atoms with Crippen LogP contribution in [0, 0.1) is 0 Å². The third kappa shape index (κ3) is 2.50. The molecule has 0 radical (unpaired) electrons. The monoisotopic (exact) mass is 330 g/mol. The molecule has 2 aliphatic rings. The molecule has 3 rings (SSSR count). The first-order chi connectivity index (χ1) is 11.0. The number of fused-ring (bicyclic) bond motifs is 1. The third-order valence-electron chi connectivity index (χ3n) is 3.61. The molecular weight excluding hydrogens is 316 g/mol. The van der Waals surface area contributed by atoms with Crippen molar-refractivity contribution in [2.24, 2.45) is 5.10 Å². The van der Waals surface area contributed by atoms with Crippen molar-refractivity contribution in [2.45, 2.75) is 19.8 Å².